The van der Waals surface area contributed by atoms with Crippen LogP contribution in [0.4, 0.5) is 9.18 Å². The smallest absolute Gasteiger partial charge is 0.410 e. The number of ether oxygens (including phenoxy) is 1. The van der Waals surface area contributed by atoms with Gasteiger partial charge in [-0.25, -0.2) is 9.18 Å². The lowest BCUT2D eigenvalue weighted by atomic mass is 9.98. The average molecular weight is 336 g/mol. The third kappa shape index (κ3) is 2.64. The molecule has 5 heteroatoms. The van der Waals surface area contributed by atoms with Crippen molar-refractivity contribution in [3.63, 3.8) is 0 Å². The molecule has 2 unspecified atom stereocenters. The second-order valence-electron chi connectivity index (χ2n) is 6.43. The number of amides is 1. The Morgan fingerprint density at radius 2 is 1.76 bits per heavy atom. The second-order valence-corrected chi connectivity index (χ2v) is 6.43. The van der Waals surface area contributed by atoms with Crippen molar-refractivity contribution in [1.29, 1.82) is 5.26 Å². The lowest BCUT2D eigenvalue weighted by Gasteiger charge is -2.21. The minimum atomic E-state index is -1.16. The van der Waals surface area contributed by atoms with E-state index in [4.69, 9.17) is 10.00 Å². The molecule has 126 valence electrons. The summed E-state index contributed by atoms with van der Waals surface area (Å²) in [6, 6.07) is 17.4. The normalized spacial score (nSPS) is 21.5. The zero-order chi connectivity index (χ0) is 17.4. The van der Waals surface area contributed by atoms with Crippen LogP contribution in [0.3, 0.4) is 0 Å². The predicted molar refractivity (Wildman–Crippen MR) is 90.7 cm³/mol. The number of benzene rings is 2. The topological polar surface area (TPSA) is 53.3 Å². The van der Waals surface area contributed by atoms with Crippen LogP contribution in [0.5, 0.6) is 0 Å². The predicted octanol–water partition coefficient (Wildman–Crippen LogP) is 3.87. The van der Waals surface area contributed by atoms with E-state index in [1.807, 2.05) is 42.5 Å². The van der Waals surface area contributed by atoms with Crippen LogP contribution < -0.4 is 0 Å². The molecule has 2 aliphatic rings. The number of hydrogen-bond donors (Lipinski definition) is 0. The fourth-order valence-corrected chi connectivity index (χ4v) is 3.79. The SMILES string of the molecule is N#CC1CC(F)CN1C(=O)OCC1c2ccccc2-c2ccccc21. The maximum Gasteiger partial charge on any atom is 0.410 e. The molecular formula is C20H17FN2O2. The summed E-state index contributed by atoms with van der Waals surface area (Å²) in [5.74, 6) is -0.0411. The molecule has 2 aromatic carbocycles. The van der Waals surface area contributed by atoms with Gasteiger partial charge in [0.1, 0.15) is 18.8 Å². The Morgan fingerprint density at radius 1 is 1.16 bits per heavy atom. The highest BCUT2D eigenvalue weighted by atomic mass is 19.1. The van der Waals surface area contributed by atoms with Crippen molar-refractivity contribution in [3.8, 4) is 17.2 Å². The molecule has 0 radical (unpaired) electrons. The third-order valence-electron chi connectivity index (χ3n) is 4.97. The van der Waals surface area contributed by atoms with Crippen LogP contribution in [0, 0.1) is 11.3 Å². The van der Waals surface area contributed by atoms with Crippen molar-refractivity contribution in [2.45, 2.75) is 24.6 Å². The summed E-state index contributed by atoms with van der Waals surface area (Å²) in [5, 5.41) is 9.08. The van der Waals surface area contributed by atoms with Crippen LogP contribution in [0.1, 0.15) is 23.5 Å². The van der Waals surface area contributed by atoms with Crippen LogP contribution in [0.15, 0.2) is 48.5 Å². The number of carbonyl (C=O) groups is 1. The zero-order valence-corrected chi connectivity index (χ0v) is 13.6. The van der Waals surface area contributed by atoms with Gasteiger partial charge in [0.25, 0.3) is 0 Å². The van der Waals surface area contributed by atoms with Gasteiger partial charge in [-0.2, -0.15) is 5.26 Å². The Bertz CT molecular complexity index is 815. The number of nitriles is 1. The van der Waals surface area contributed by atoms with Gasteiger partial charge >= 0.3 is 6.09 Å². The van der Waals surface area contributed by atoms with Gasteiger partial charge in [-0.1, -0.05) is 48.5 Å². The highest BCUT2D eigenvalue weighted by Crippen LogP contribution is 2.44. The van der Waals surface area contributed by atoms with E-state index in [9.17, 15) is 9.18 Å². The number of carbonyl (C=O) groups excluding carboxylic acids is 1. The highest BCUT2D eigenvalue weighted by Gasteiger charge is 2.37. The quantitative estimate of drug-likeness (QED) is 0.836. The van der Waals surface area contributed by atoms with Crippen LogP contribution in [-0.2, 0) is 4.74 Å². The van der Waals surface area contributed by atoms with E-state index in [-0.39, 0.29) is 25.5 Å². The van der Waals surface area contributed by atoms with Crippen molar-refractivity contribution in [3.05, 3.63) is 59.7 Å². The molecule has 2 aromatic rings. The summed E-state index contributed by atoms with van der Waals surface area (Å²) in [6.07, 6.45) is -1.72. The number of fused-ring (bicyclic) bond motifs is 3. The molecule has 1 saturated heterocycles. The molecule has 25 heavy (non-hydrogen) atoms. The molecule has 0 saturated carbocycles. The summed E-state index contributed by atoms with van der Waals surface area (Å²) in [6.45, 7) is 0.105. The Morgan fingerprint density at radius 3 is 2.36 bits per heavy atom. The molecule has 0 N–H and O–H groups in total. The van der Waals surface area contributed by atoms with Gasteiger partial charge in [-0.05, 0) is 22.3 Å². The number of hydrogen-bond acceptors (Lipinski definition) is 3. The maximum absolute atomic E-state index is 13.5. The van der Waals surface area contributed by atoms with E-state index < -0.39 is 18.3 Å². The van der Waals surface area contributed by atoms with E-state index in [1.165, 1.54) is 4.90 Å². The molecule has 1 heterocycles. The Hall–Kier alpha value is -2.87. The molecule has 0 aromatic heterocycles. The van der Waals surface area contributed by atoms with Crippen LogP contribution >= 0.6 is 0 Å². The largest absolute Gasteiger partial charge is 0.448 e. The summed E-state index contributed by atoms with van der Waals surface area (Å²) in [4.78, 5) is 13.5. The Labute approximate surface area is 145 Å². The van der Waals surface area contributed by atoms with Gasteiger partial charge < -0.3 is 4.74 Å². The first-order valence-electron chi connectivity index (χ1n) is 8.34. The van der Waals surface area contributed by atoms with Gasteiger partial charge in [0, 0.05) is 12.3 Å². The third-order valence-corrected chi connectivity index (χ3v) is 4.97. The summed E-state index contributed by atoms with van der Waals surface area (Å²) < 4.78 is 19.0. The molecule has 1 fully saturated rings. The van der Waals surface area contributed by atoms with E-state index in [0.717, 1.165) is 22.3 Å². The van der Waals surface area contributed by atoms with Crippen LogP contribution in [-0.4, -0.2) is 36.4 Å². The molecule has 4 nitrogen and oxygen atoms in total. The van der Waals surface area contributed by atoms with Gasteiger partial charge in [-0.3, -0.25) is 4.90 Å². The minimum Gasteiger partial charge on any atom is -0.448 e. The number of nitrogens with zero attached hydrogens (tertiary/aromatic N) is 2. The van der Waals surface area contributed by atoms with Gasteiger partial charge in [0.2, 0.25) is 0 Å². The van der Waals surface area contributed by atoms with Gasteiger partial charge in [0.15, 0.2) is 0 Å². The van der Waals surface area contributed by atoms with Gasteiger partial charge in [0.05, 0.1) is 12.6 Å². The summed E-state index contributed by atoms with van der Waals surface area (Å²) in [5.41, 5.74) is 4.55. The molecule has 1 aliphatic heterocycles. The standard InChI is InChI=1S/C20H17FN2O2/c21-13-9-14(10-22)23(11-13)20(24)25-12-19-17-7-3-1-5-15(17)16-6-2-4-8-18(16)19/h1-8,13-14,19H,9,11-12H2. The van der Waals surface area contributed by atoms with E-state index in [1.54, 1.807) is 0 Å². The lowest BCUT2D eigenvalue weighted by Crippen LogP contribution is -2.36. The number of halogens is 1. The van der Waals surface area contributed by atoms with Crippen LogP contribution in [0.25, 0.3) is 11.1 Å². The van der Waals surface area contributed by atoms with Crippen LogP contribution in [0.2, 0.25) is 0 Å². The van der Waals surface area contributed by atoms with Crippen molar-refractivity contribution < 1.29 is 13.9 Å². The summed E-state index contributed by atoms with van der Waals surface area (Å²) >= 11 is 0. The average Bonchev–Trinajstić information content (AvgIpc) is 3.18. The fourth-order valence-electron chi connectivity index (χ4n) is 3.79. The van der Waals surface area contributed by atoms with E-state index in [2.05, 4.69) is 12.1 Å². The zero-order valence-electron chi connectivity index (χ0n) is 13.6. The van der Waals surface area contributed by atoms with Crippen molar-refractivity contribution in [1.82, 2.24) is 4.90 Å². The minimum absolute atomic E-state index is 0.0411. The molecule has 4 rings (SSSR count). The number of rotatable bonds is 2. The summed E-state index contributed by atoms with van der Waals surface area (Å²) in [7, 11) is 0. The van der Waals surface area contributed by atoms with Crippen molar-refractivity contribution >= 4 is 6.09 Å². The molecule has 1 aliphatic carbocycles. The van der Waals surface area contributed by atoms with Crippen molar-refractivity contribution in [2.75, 3.05) is 13.2 Å². The maximum atomic E-state index is 13.5. The first kappa shape index (κ1) is 15.6. The van der Waals surface area contributed by atoms with Gasteiger partial charge in [-0.15, -0.1) is 0 Å². The lowest BCUT2D eigenvalue weighted by molar-refractivity contribution is 0.0998. The monoisotopic (exact) mass is 336 g/mol. The first-order chi connectivity index (χ1) is 12.2. The van der Waals surface area contributed by atoms with Crippen molar-refractivity contribution in [2.24, 2.45) is 0 Å². The number of alkyl halides is 1. The Balaban J connectivity index is 1.54. The fraction of sp³-hybridized carbons (Fsp3) is 0.300. The first-order valence-corrected chi connectivity index (χ1v) is 8.34. The molecular weight excluding hydrogens is 319 g/mol. The Kier molecular flexibility index (Phi) is 3.89. The molecule has 0 spiro atoms. The molecule has 0 bridgehead atoms. The van der Waals surface area contributed by atoms with E-state index in [0.29, 0.717) is 0 Å². The second kappa shape index (κ2) is 6.21. The van der Waals surface area contributed by atoms with E-state index >= 15 is 0 Å². The molecule has 2 atom stereocenters. The highest BCUT2D eigenvalue weighted by molar-refractivity contribution is 5.79. The molecule has 1 amide bonds. The number of likely N-dealkylation sites (tertiary alicyclic amines) is 1.